The third-order valence-electron chi connectivity index (χ3n) is 3.85. The molecule has 3 aromatic rings. The summed E-state index contributed by atoms with van der Waals surface area (Å²) in [5.74, 6) is -3.10. The topological polar surface area (TPSA) is 144 Å². The first-order chi connectivity index (χ1) is 11.8. The Hall–Kier alpha value is -3.42. The summed E-state index contributed by atoms with van der Waals surface area (Å²) in [5, 5.41) is 18.9. The molecule has 0 atom stereocenters. The van der Waals surface area contributed by atoms with Gasteiger partial charge < -0.3 is 20.4 Å². The van der Waals surface area contributed by atoms with E-state index in [-0.39, 0.29) is 27.9 Å². The van der Waals surface area contributed by atoms with Crippen molar-refractivity contribution in [2.45, 2.75) is 19.8 Å². The molecule has 0 amide bonds. The maximum absolute atomic E-state index is 12.3. The molecule has 4 N–H and O–H groups in total. The van der Waals surface area contributed by atoms with E-state index in [4.69, 9.17) is 15.3 Å². The number of nitrogen functional groups attached to an aromatic ring is 1. The van der Waals surface area contributed by atoms with Gasteiger partial charge in [0.2, 0.25) is 5.76 Å². The molecule has 0 saturated carbocycles. The average Bonchev–Trinajstić information content (AvgIpc) is 2.55. The molecule has 0 aliphatic heterocycles. The predicted molar refractivity (Wildman–Crippen MR) is 90.1 cm³/mol. The molecule has 2 aromatic heterocycles. The second-order valence-corrected chi connectivity index (χ2v) is 5.56. The molecule has 0 aliphatic rings. The number of carbonyl (C=O) groups is 2. The first-order valence-electron chi connectivity index (χ1n) is 7.50. The Balaban J connectivity index is 2.55. The second-order valence-electron chi connectivity index (χ2n) is 5.56. The number of hydrogen-bond acceptors (Lipinski definition) is 6. The van der Waals surface area contributed by atoms with E-state index in [1.807, 2.05) is 6.92 Å². The Bertz CT molecular complexity index is 1100. The van der Waals surface area contributed by atoms with Crippen LogP contribution in [-0.4, -0.2) is 27.1 Å². The molecule has 128 valence electrons. The maximum Gasteiger partial charge on any atom is 0.371 e. The number of pyridine rings is 1. The fourth-order valence-electron chi connectivity index (χ4n) is 2.77. The largest absolute Gasteiger partial charge is 0.477 e. The van der Waals surface area contributed by atoms with E-state index in [2.05, 4.69) is 4.98 Å². The molecule has 8 heteroatoms. The van der Waals surface area contributed by atoms with E-state index in [1.54, 1.807) is 0 Å². The number of nitrogens with two attached hydrogens (primary N) is 1. The summed E-state index contributed by atoms with van der Waals surface area (Å²) >= 11 is 0. The molecule has 2 heterocycles. The van der Waals surface area contributed by atoms with Gasteiger partial charge in [-0.2, -0.15) is 0 Å². The summed E-state index contributed by atoms with van der Waals surface area (Å²) in [6, 6.07) is 3.58. The van der Waals surface area contributed by atoms with Crippen molar-refractivity contribution < 1.29 is 24.2 Å². The number of carboxylic acid groups (broad SMARTS) is 2. The Kier molecular flexibility index (Phi) is 3.88. The van der Waals surface area contributed by atoms with E-state index >= 15 is 0 Å². The minimum atomic E-state index is -1.37. The first kappa shape index (κ1) is 16.4. The van der Waals surface area contributed by atoms with Crippen LogP contribution in [0.1, 0.15) is 40.0 Å². The van der Waals surface area contributed by atoms with Crippen molar-refractivity contribution in [3.63, 3.8) is 0 Å². The molecular formula is C17H14N2O6. The van der Waals surface area contributed by atoms with Crippen molar-refractivity contribution >= 4 is 39.5 Å². The summed E-state index contributed by atoms with van der Waals surface area (Å²) in [5.41, 5.74) is 6.21. The molecule has 0 bridgehead atoms. The quantitative estimate of drug-likeness (QED) is 0.612. The van der Waals surface area contributed by atoms with Crippen LogP contribution >= 0.6 is 0 Å². The van der Waals surface area contributed by atoms with Crippen LogP contribution in [0.25, 0.3) is 21.9 Å². The van der Waals surface area contributed by atoms with E-state index in [0.717, 1.165) is 6.07 Å². The van der Waals surface area contributed by atoms with Crippen molar-refractivity contribution in [2.24, 2.45) is 0 Å². The lowest BCUT2D eigenvalue weighted by molar-refractivity contribution is 0.0660. The van der Waals surface area contributed by atoms with Gasteiger partial charge in [-0.1, -0.05) is 13.3 Å². The van der Waals surface area contributed by atoms with Gasteiger partial charge in [0.15, 0.2) is 11.1 Å². The van der Waals surface area contributed by atoms with Crippen molar-refractivity contribution in [3.05, 3.63) is 45.4 Å². The van der Waals surface area contributed by atoms with Crippen molar-refractivity contribution in [2.75, 3.05) is 5.73 Å². The Labute approximate surface area is 140 Å². The van der Waals surface area contributed by atoms with Crippen LogP contribution in [0.3, 0.4) is 0 Å². The Morgan fingerprint density at radius 2 is 1.88 bits per heavy atom. The molecule has 0 aliphatic carbocycles. The zero-order valence-electron chi connectivity index (χ0n) is 13.2. The highest BCUT2D eigenvalue weighted by Crippen LogP contribution is 2.31. The smallest absolute Gasteiger partial charge is 0.371 e. The van der Waals surface area contributed by atoms with Crippen LogP contribution in [-0.2, 0) is 6.42 Å². The lowest BCUT2D eigenvalue weighted by Gasteiger charge is -2.11. The van der Waals surface area contributed by atoms with Crippen LogP contribution in [0, 0.1) is 0 Å². The van der Waals surface area contributed by atoms with Crippen LogP contribution in [0.5, 0.6) is 0 Å². The highest BCUT2D eigenvalue weighted by Gasteiger charge is 2.19. The third-order valence-corrected chi connectivity index (χ3v) is 3.85. The SMILES string of the molecule is CCCc1c2nc(C(=O)O)cc(N)c2cc2c(=O)cc(C(=O)O)oc12. The van der Waals surface area contributed by atoms with Gasteiger partial charge in [0.05, 0.1) is 10.9 Å². The summed E-state index contributed by atoms with van der Waals surface area (Å²) in [4.78, 5) is 38.9. The first-order valence-corrected chi connectivity index (χ1v) is 7.50. The zero-order chi connectivity index (χ0) is 18.3. The molecule has 0 unspecified atom stereocenters. The number of benzene rings is 1. The second kappa shape index (κ2) is 5.90. The molecule has 0 spiro atoms. The predicted octanol–water partition coefficient (Wildman–Crippen LogP) is 2.27. The normalized spacial score (nSPS) is 11.1. The van der Waals surface area contributed by atoms with Gasteiger partial charge in [-0.25, -0.2) is 14.6 Å². The van der Waals surface area contributed by atoms with Gasteiger partial charge in [0.25, 0.3) is 0 Å². The third kappa shape index (κ3) is 2.67. The standard InChI is InChI=1S/C17H14N2O6/c1-2-3-7-14-8(10(18)5-11(19-14)16(21)22)4-9-12(20)6-13(17(23)24)25-15(7)9/h4-6H,2-3H2,1H3,(H2,18,19)(H,21,22)(H,23,24). The number of aromatic nitrogens is 1. The molecular weight excluding hydrogens is 328 g/mol. The van der Waals surface area contributed by atoms with E-state index in [1.165, 1.54) is 12.1 Å². The summed E-state index contributed by atoms with van der Waals surface area (Å²) in [6.07, 6.45) is 1.06. The number of anilines is 1. The van der Waals surface area contributed by atoms with E-state index < -0.39 is 23.1 Å². The summed E-state index contributed by atoms with van der Waals surface area (Å²) < 4.78 is 5.41. The molecule has 1 aromatic carbocycles. The van der Waals surface area contributed by atoms with Gasteiger partial charge in [0, 0.05) is 22.7 Å². The lowest BCUT2D eigenvalue weighted by Crippen LogP contribution is -2.09. The molecule has 8 nitrogen and oxygen atoms in total. The highest BCUT2D eigenvalue weighted by molar-refractivity contribution is 6.05. The van der Waals surface area contributed by atoms with Crippen molar-refractivity contribution in [1.29, 1.82) is 0 Å². The fourth-order valence-corrected chi connectivity index (χ4v) is 2.77. The van der Waals surface area contributed by atoms with Crippen molar-refractivity contribution in [1.82, 2.24) is 4.98 Å². The van der Waals surface area contributed by atoms with Gasteiger partial charge in [-0.3, -0.25) is 4.79 Å². The zero-order valence-corrected chi connectivity index (χ0v) is 13.2. The minimum Gasteiger partial charge on any atom is -0.477 e. The molecule has 0 fully saturated rings. The summed E-state index contributed by atoms with van der Waals surface area (Å²) in [7, 11) is 0. The molecule has 0 saturated heterocycles. The monoisotopic (exact) mass is 342 g/mol. The Morgan fingerprint density at radius 3 is 2.48 bits per heavy atom. The van der Waals surface area contributed by atoms with E-state index in [9.17, 15) is 19.5 Å². The number of rotatable bonds is 4. The van der Waals surface area contributed by atoms with Crippen LogP contribution < -0.4 is 11.2 Å². The minimum absolute atomic E-state index is 0.0914. The van der Waals surface area contributed by atoms with Crippen LogP contribution in [0.15, 0.2) is 27.4 Å². The van der Waals surface area contributed by atoms with Crippen LogP contribution in [0.4, 0.5) is 5.69 Å². The maximum atomic E-state index is 12.3. The number of aromatic carboxylic acids is 2. The summed E-state index contributed by atoms with van der Waals surface area (Å²) in [6.45, 7) is 1.88. The molecule has 25 heavy (non-hydrogen) atoms. The lowest BCUT2D eigenvalue weighted by atomic mass is 10.00. The number of nitrogens with zero attached hydrogens (tertiary/aromatic N) is 1. The van der Waals surface area contributed by atoms with E-state index in [0.29, 0.717) is 23.8 Å². The van der Waals surface area contributed by atoms with Gasteiger partial charge in [-0.05, 0) is 18.6 Å². The Morgan fingerprint density at radius 1 is 1.16 bits per heavy atom. The number of aryl methyl sites for hydroxylation is 1. The molecule has 0 radical (unpaired) electrons. The fraction of sp³-hybridized carbons (Fsp3) is 0.176. The number of hydrogen-bond donors (Lipinski definition) is 3. The van der Waals surface area contributed by atoms with Crippen LogP contribution in [0.2, 0.25) is 0 Å². The van der Waals surface area contributed by atoms with Gasteiger partial charge in [-0.15, -0.1) is 0 Å². The number of carboxylic acids is 2. The average molecular weight is 342 g/mol. The highest BCUT2D eigenvalue weighted by atomic mass is 16.4. The van der Waals surface area contributed by atoms with Gasteiger partial charge >= 0.3 is 11.9 Å². The van der Waals surface area contributed by atoms with Crippen molar-refractivity contribution in [3.8, 4) is 0 Å². The van der Waals surface area contributed by atoms with Gasteiger partial charge in [0.1, 0.15) is 5.58 Å². The molecule has 3 rings (SSSR count). The number of fused-ring (bicyclic) bond motifs is 2.